The number of rotatable bonds is 1. The van der Waals surface area contributed by atoms with Crippen LogP contribution in [0.2, 0.25) is 5.02 Å². The van der Waals surface area contributed by atoms with Gasteiger partial charge in [0.2, 0.25) is 0 Å². The summed E-state index contributed by atoms with van der Waals surface area (Å²) < 4.78 is 13.2. The van der Waals surface area contributed by atoms with Crippen molar-refractivity contribution in [1.82, 2.24) is 4.90 Å². The molecule has 2 fully saturated rings. The predicted octanol–water partition coefficient (Wildman–Crippen LogP) is 3.85. The molecule has 0 N–H and O–H groups in total. The van der Waals surface area contributed by atoms with E-state index in [1.165, 1.54) is 18.6 Å². The van der Waals surface area contributed by atoms with Gasteiger partial charge in [-0.15, -0.1) is 0 Å². The molecule has 0 aliphatic carbocycles. The van der Waals surface area contributed by atoms with Gasteiger partial charge < -0.3 is 0 Å². The maximum absolute atomic E-state index is 13.2. The summed E-state index contributed by atoms with van der Waals surface area (Å²) in [4.78, 5) is 2.29. The number of nitrogens with zero attached hydrogens (tertiary/aromatic N) is 2. The lowest BCUT2D eigenvalue weighted by molar-refractivity contribution is 0.108. The van der Waals surface area contributed by atoms with Gasteiger partial charge in [0.25, 0.3) is 0 Å². The van der Waals surface area contributed by atoms with Gasteiger partial charge in [-0.05, 0) is 37.8 Å². The van der Waals surface area contributed by atoms with Crippen molar-refractivity contribution in [3.05, 3.63) is 34.6 Å². The van der Waals surface area contributed by atoms with Gasteiger partial charge in [0.1, 0.15) is 11.4 Å². The van der Waals surface area contributed by atoms with Gasteiger partial charge in [0, 0.05) is 23.2 Å². The second-order valence-electron chi connectivity index (χ2n) is 5.48. The van der Waals surface area contributed by atoms with E-state index in [9.17, 15) is 9.65 Å². The maximum Gasteiger partial charge on any atom is 0.136 e. The van der Waals surface area contributed by atoms with E-state index in [4.69, 9.17) is 11.6 Å². The molecule has 0 amide bonds. The van der Waals surface area contributed by atoms with Crippen LogP contribution in [0.3, 0.4) is 0 Å². The zero-order valence-electron chi connectivity index (χ0n) is 10.7. The van der Waals surface area contributed by atoms with Crippen LogP contribution < -0.4 is 0 Å². The Bertz CT molecular complexity index is 539. The van der Waals surface area contributed by atoms with Crippen molar-refractivity contribution in [2.45, 2.75) is 43.7 Å². The molecule has 2 saturated heterocycles. The summed E-state index contributed by atoms with van der Waals surface area (Å²) in [5.74, 6) is -0.352. The molecule has 100 valence electrons. The summed E-state index contributed by atoms with van der Waals surface area (Å²) in [5, 5.41) is 10.1. The first kappa shape index (κ1) is 12.9. The van der Waals surface area contributed by atoms with Crippen LogP contribution in [0.5, 0.6) is 0 Å². The summed E-state index contributed by atoms with van der Waals surface area (Å²) in [6, 6.07) is 7.34. The number of piperidine rings is 1. The van der Waals surface area contributed by atoms with Gasteiger partial charge in [-0.1, -0.05) is 24.1 Å². The van der Waals surface area contributed by atoms with Crippen LogP contribution >= 0.6 is 11.6 Å². The molecule has 0 saturated carbocycles. The third kappa shape index (κ3) is 1.94. The molecule has 0 radical (unpaired) electrons. The van der Waals surface area contributed by atoms with Crippen molar-refractivity contribution in [1.29, 1.82) is 5.26 Å². The topological polar surface area (TPSA) is 27.0 Å². The van der Waals surface area contributed by atoms with Gasteiger partial charge in [-0.25, -0.2) is 4.39 Å². The highest BCUT2D eigenvalue weighted by atomic mass is 35.5. The molecule has 0 unspecified atom stereocenters. The molecule has 19 heavy (non-hydrogen) atoms. The maximum atomic E-state index is 13.2. The van der Waals surface area contributed by atoms with Crippen LogP contribution in [-0.2, 0) is 5.54 Å². The van der Waals surface area contributed by atoms with E-state index in [-0.39, 0.29) is 5.82 Å². The fraction of sp³-hybridized carbons (Fsp3) is 0.533. The van der Waals surface area contributed by atoms with Crippen LogP contribution in [0, 0.1) is 17.1 Å². The first-order valence-corrected chi connectivity index (χ1v) is 7.19. The first-order chi connectivity index (χ1) is 9.17. The van der Waals surface area contributed by atoms with Crippen LogP contribution in [0.25, 0.3) is 0 Å². The summed E-state index contributed by atoms with van der Waals surface area (Å²) in [5.41, 5.74) is 0.109. The minimum Gasteiger partial charge on any atom is -0.279 e. The Kier molecular flexibility index (Phi) is 3.24. The molecule has 0 bridgehead atoms. The Hall–Kier alpha value is -1.11. The molecule has 2 heterocycles. The molecular weight excluding hydrogens is 263 g/mol. The molecule has 1 aromatic carbocycles. The minimum atomic E-state index is -0.657. The molecule has 1 aromatic rings. The largest absolute Gasteiger partial charge is 0.279 e. The Morgan fingerprint density at radius 1 is 1.37 bits per heavy atom. The Balaban J connectivity index is 2.06. The third-order valence-electron chi connectivity index (χ3n) is 4.52. The third-order valence-corrected chi connectivity index (χ3v) is 4.83. The summed E-state index contributed by atoms with van der Waals surface area (Å²) in [6.45, 7) is 0.936. The van der Waals surface area contributed by atoms with Gasteiger partial charge in [-0.3, -0.25) is 4.90 Å². The van der Waals surface area contributed by atoms with E-state index in [2.05, 4.69) is 11.0 Å². The van der Waals surface area contributed by atoms with Crippen LogP contribution in [0.4, 0.5) is 4.39 Å². The van der Waals surface area contributed by atoms with E-state index in [0.717, 1.165) is 37.8 Å². The number of halogens is 2. The fourth-order valence-corrected chi connectivity index (χ4v) is 3.94. The molecule has 2 nitrogen and oxygen atoms in total. The van der Waals surface area contributed by atoms with E-state index in [1.807, 2.05) is 0 Å². The molecule has 4 heteroatoms. The number of hydrogen-bond acceptors (Lipinski definition) is 2. The van der Waals surface area contributed by atoms with Gasteiger partial charge in [-0.2, -0.15) is 5.26 Å². The number of hydrogen-bond donors (Lipinski definition) is 0. The molecule has 2 atom stereocenters. The fourth-order valence-electron chi connectivity index (χ4n) is 3.62. The molecule has 2 aliphatic heterocycles. The monoisotopic (exact) mass is 278 g/mol. The molecule has 3 rings (SSSR count). The number of fused-ring (bicyclic) bond motifs is 1. The smallest absolute Gasteiger partial charge is 0.136 e. The first-order valence-electron chi connectivity index (χ1n) is 6.81. The van der Waals surface area contributed by atoms with Gasteiger partial charge in [0.05, 0.1) is 6.07 Å². The summed E-state index contributed by atoms with van der Waals surface area (Å²) in [7, 11) is 0. The van der Waals surface area contributed by atoms with Crippen molar-refractivity contribution in [2.24, 2.45) is 0 Å². The molecule has 2 aliphatic rings. The Labute approximate surface area is 117 Å². The second kappa shape index (κ2) is 4.77. The second-order valence-corrected chi connectivity index (χ2v) is 5.89. The highest BCUT2D eigenvalue weighted by Crippen LogP contribution is 2.47. The number of nitriles is 1. The van der Waals surface area contributed by atoms with E-state index in [1.54, 1.807) is 6.07 Å². The lowest BCUT2D eigenvalue weighted by Crippen LogP contribution is -2.46. The summed E-state index contributed by atoms with van der Waals surface area (Å²) in [6.07, 6.45) is 5.33. The average molecular weight is 279 g/mol. The van der Waals surface area contributed by atoms with E-state index < -0.39 is 5.54 Å². The van der Waals surface area contributed by atoms with E-state index in [0.29, 0.717) is 11.1 Å². The van der Waals surface area contributed by atoms with Crippen molar-refractivity contribution in [3.8, 4) is 6.07 Å². The van der Waals surface area contributed by atoms with Crippen molar-refractivity contribution in [3.63, 3.8) is 0 Å². The number of benzene rings is 1. The van der Waals surface area contributed by atoms with Crippen molar-refractivity contribution < 1.29 is 4.39 Å². The lowest BCUT2D eigenvalue weighted by atomic mass is 9.88. The van der Waals surface area contributed by atoms with Crippen LogP contribution in [0.15, 0.2) is 18.2 Å². The Morgan fingerprint density at radius 2 is 2.21 bits per heavy atom. The zero-order chi connectivity index (χ0) is 13.5. The van der Waals surface area contributed by atoms with Crippen LogP contribution in [-0.4, -0.2) is 17.5 Å². The minimum absolute atomic E-state index is 0.352. The van der Waals surface area contributed by atoms with Gasteiger partial charge >= 0.3 is 0 Å². The standard InChI is InChI=1S/C15H16ClFN2/c16-14-9-11(17)4-5-13(14)15(10-18)7-6-12-3-1-2-8-19(12)15/h4-5,9,12H,1-3,6-8H2/t12-,15-/m1/s1. The van der Waals surface area contributed by atoms with E-state index >= 15 is 0 Å². The summed E-state index contributed by atoms with van der Waals surface area (Å²) >= 11 is 6.19. The predicted molar refractivity (Wildman–Crippen MR) is 72.3 cm³/mol. The molecule has 0 aromatic heterocycles. The quantitative estimate of drug-likeness (QED) is 0.780. The highest BCUT2D eigenvalue weighted by Gasteiger charge is 2.49. The SMILES string of the molecule is N#C[C@@]1(c2ccc(F)cc2Cl)CC[C@H]2CCCCN21. The lowest BCUT2D eigenvalue weighted by Gasteiger charge is -2.39. The van der Waals surface area contributed by atoms with Gasteiger partial charge in [0.15, 0.2) is 0 Å². The average Bonchev–Trinajstić information content (AvgIpc) is 2.79. The van der Waals surface area contributed by atoms with Crippen molar-refractivity contribution >= 4 is 11.6 Å². The molecule has 0 spiro atoms. The normalized spacial score (nSPS) is 30.9. The van der Waals surface area contributed by atoms with Crippen molar-refractivity contribution in [2.75, 3.05) is 6.54 Å². The highest BCUT2D eigenvalue weighted by molar-refractivity contribution is 6.31. The molecular formula is C15H16ClFN2. The zero-order valence-corrected chi connectivity index (χ0v) is 11.5. The van der Waals surface area contributed by atoms with Crippen LogP contribution in [0.1, 0.15) is 37.7 Å². The Morgan fingerprint density at radius 3 is 2.95 bits per heavy atom.